The van der Waals surface area contributed by atoms with Crippen molar-refractivity contribution in [3.63, 3.8) is 0 Å². The molecule has 2 N–H and O–H groups in total. The van der Waals surface area contributed by atoms with Gasteiger partial charge >= 0.3 is 0 Å². The average Bonchev–Trinajstić information content (AvgIpc) is 3.01. The van der Waals surface area contributed by atoms with Gasteiger partial charge in [-0.15, -0.1) is 6.58 Å². The van der Waals surface area contributed by atoms with Crippen molar-refractivity contribution < 1.29 is 13.2 Å². The number of carbonyl (C=O) groups is 1. The predicted octanol–water partition coefficient (Wildman–Crippen LogP) is 2.08. The van der Waals surface area contributed by atoms with Crippen LogP contribution in [-0.2, 0) is 14.8 Å². The van der Waals surface area contributed by atoms with Gasteiger partial charge in [0.05, 0.1) is 5.02 Å². The van der Waals surface area contributed by atoms with E-state index in [2.05, 4.69) is 16.6 Å². The number of hydrogen-bond acceptors (Lipinski definition) is 5. The highest BCUT2D eigenvalue weighted by Gasteiger charge is 2.28. The number of nitrogens with one attached hydrogen (secondary N) is 2. The Labute approximate surface area is 152 Å². The summed E-state index contributed by atoms with van der Waals surface area (Å²) in [5, 5.41) is 11.6. The van der Waals surface area contributed by atoms with Crippen molar-refractivity contribution in [3.8, 4) is 6.19 Å². The molecule has 0 saturated carbocycles. The fraction of sp³-hybridized carbons (Fsp3) is 0.375. The van der Waals surface area contributed by atoms with Crippen molar-refractivity contribution in [2.45, 2.75) is 30.2 Å². The van der Waals surface area contributed by atoms with Crippen molar-refractivity contribution in [3.05, 3.63) is 35.9 Å². The van der Waals surface area contributed by atoms with E-state index in [-0.39, 0.29) is 28.3 Å². The number of halogens is 1. The fourth-order valence-electron chi connectivity index (χ4n) is 2.47. The van der Waals surface area contributed by atoms with Gasteiger partial charge in [-0.05, 0) is 31.0 Å². The Balaban J connectivity index is 2.14. The quantitative estimate of drug-likeness (QED) is 0.555. The summed E-state index contributed by atoms with van der Waals surface area (Å²) in [5.74, 6) is -0.237. The molecule has 0 unspecified atom stereocenters. The minimum absolute atomic E-state index is 0.0618. The number of nitrogens with zero attached hydrogens (tertiary/aromatic N) is 2. The van der Waals surface area contributed by atoms with E-state index in [0.29, 0.717) is 31.6 Å². The van der Waals surface area contributed by atoms with E-state index in [9.17, 15) is 13.2 Å². The van der Waals surface area contributed by atoms with Crippen LogP contribution in [0.25, 0.3) is 0 Å². The maximum atomic E-state index is 12.6. The molecule has 1 saturated heterocycles. The minimum atomic E-state index is -3.87. The molecule has 25 heavy (non-hydrogen) atoms. The van der Waals surface area contributed by atoms with Gasteiger partial charge in [-0.25, -0.2) is 13.1 Å². The Morgan fingerprint density at radius 3 is 2.92 bits per heavy atom. The molecule has 0 radical (unpaired) electrons. The molecule has 1 aliphatic heterocycles. The maximum absolute atomic E-state index is 12.6. The summed E-state index contributed by atoms with van der Waals surface area (Å²) in [4.78, 5) is 13.2. The zero-order valence-electron chi connectivity index (χ0n) is 13.5. The number of sulfonamides is 1. The van der Waals surface area contributed by atoms with E-state index in [1.54, 1.807) is 12.1 Å². The Bertz CT molecular complexity index is 804. The molecule has 0 spiro atoms. The van der Waals surface area contributed by atoms with Gasteiger partial charge in [0.25, 0.3) is 0 Å². The molecule has 0 aliphatic carbocycles. The summed E-state index contributed by atoms with van der Waals surface area (Å²) < 4.78 is 27.7. The second-order valence-electron chi connectivity index (χ2n) is 5.67. The highest BCUT2D eigenvalue weighted by atomic mass is 35.5. The van der Waals surface area contributed by atoms with Gasteiger partial charge < -0.3 is 10.2 Å². The molecule has 1 aromatic carbocycles. The first kappa shape index (κ1) is 19.2. The average molecular weight is 383 g/mol. The molecule has 1 aromatic rings. The largest absolute Gasteiger partial charge is 0.326 e. The zero-order valence-corrected chi connectivity index (χ0v) is 15.1. The summed E-state index contributed by atoms with van der Waals surface area (Å²) in [6, 6.07) is 3.94. The fourth-order valence-corrected chi connectivity index (χ4v) is 4.26. The monoisotopic (exact) mass is 382 g/mol. The number of hydrogen-bond donors (Lipinski definition) is 2. The smallest absolute Gasteiger partial charge is 0.242 e. The zero-order chi connectivity index (χ0) is 18.4. The summed E-state index contributed by atoms with van der Waals surface area (Å²) in [5.41, 5.74) is 0.351. The lowest BCUT2D eigenvalue weighted by atomic mass is 10.2. The molecule has 1 atom stereocenters. The van der Waals surface area contributed by atoms with Gasteiger partial charge in [0, 0.05) is 31.2 Å². The van der Waals surface area contributed by atoms with Gasteiger partial charge in [-0.3, -0.25) is 4.79 Å². The molecule has 1 aliphatic rings. The van der Waals surface area contributed by atoms with Crippen LogP contribution in [0.5, 0.6) is 0 Å². The van der Waals surface area contributed by atoms with Crippen LogP contribution in [-0.4, -0.2) is 38.4 Å². The second-order valence-corrected chi connectivity index (χ2v) is 7.76. The van der Waals surface area contributed by atoms with Gasteiger partial charge in [0.1, 0.15) is 4.90 Å². The highest BCUT2D eigenvalue weighted by molar-refractivity contribution is 7.89. The van der Waals surface area contributed by atoms with E-state index >= 15 is 0 Å². The number of allylic oxidation sites excluding steroid dienone is 1. The van der Waals surface area contributed by atoms with E-state index in [0.717, 1.165) is 0 Å². The predicted molar refractivity (Wildman–Crippen MR) is 95.4 cm³/mol. The van der Waals surface area contributed by atoms with E-state index in [1.807, 2.05) is 6.19 Å². The number of rotatable bonds is 7. The molecule has 1 heterocycles. The van der Waals surface area contributed by atoms with Crippen molar-refractivity contribution in [2.75, 3.05) is 18.4 Å². The third kappa shape index (κ3) is 5.19. The third-order valence-electron chi connectivity index (χ3n) is 3.73. The maximum Gasteiger partial charge on any atom is 0.242 e. The van der Waals surface area contributed by atoms with Crippen LogP contribution in [0.4, 0.5) is 5.69 Å². The van der Waals surface area contributed by atoms with Crippen LogP contribution in [0.2, 0.25) is 5.02 Å². The normalized spacial score (nSPS) is 17.1. The van der Waals surface area contributed by atoms with Crippen LogP contribution in [0.1, 0.15) is 19.3 Å². The van der Waals surface area contributed by atoms with Gasteiger partial charge in [-0.1, -0.05) is 17.7 Å². The number of likely N-dealkylation sites (tertiary alicyclic amines) is 1. The number of benzene rings is 1. The molecular weight excluding hydrogens is 364 g/mol. The minimum Gasteiger partial charge on any atom is -0.326 e. The highest BCUT2D eigenvalue weighted by Crippen LogP contribution is 2.26. The molecular formula is C16H19ClN4O3S. The Kier molecular flexibility index (Phi) is 6.42. The molecule has 0 bridgehead atoms. The lowest BCUT2D eigenvalue weighted by Crippen LogP contribution is -2.36. The van der Waals surface area contributed by atoms with Crippen molar-refractivity contribution in [1.29, 1.82) is 5.26 Å². The summed E-state index contributed by atoms with van der Waals surface area (Å²) in [6.45, 7) is 4.38. The lowest BCUT2D eigenvalue weighted by molar-refractivity contribution is -0.116. The Hall–Kier alpha value is -2.08. The van der Waals surface area contributed by atoms with Crippen LogP contribution in [0.15, 0.2) is 35.7 Å². The first-order chi connectivity index (χ1) is 11.9. The van der Waals surface area contributed by atoms with Crippen LogP contribution in [0.3, 0.4) is 0 Å². The van der Waals surface area contributed by atoms with Gasteiger partial charge in [0.15, 0.2) is 6.19 Å². The molecule has 1 amide bonds. The number of anilines is 1. The van der Waals surface area contributed by atoms with E-state index in [4.69, 9.17) is 16.9 Å². The standard InChI is InChI=1S/C16H19ClN4O3S/c1-2-3-4-16(22)19-12-5-6-14(17)15(9-12)25(23,24)20-13-7-8-21(10-13)11-18/h2,5-6,9,13,20H,1,3-4,7-8,10H2,(H,19,22)/t13-/m1/s1. The number of carbonyl (C=O) groups excluding carboxylic acids is 1. The molecule has 0 aromatic heterocycles. The number of amides is 1. The van der Waals surface area contributed by atoms with E-state index in [1.165, 1.54) is 17.0 Å². The third-order valence-corrected chi connectivity index (χ3v) is 5.73. The molecule has 134 valence electrons. The molecule has 1 fully saturated rings. The molecule has 2 rings (SSSR count). The van der Waals surface area contributed by atoms with Crippen molar-refractivity contribution in [2.24, 2.45) is 0 Å². The first-order valence-corrected chi connectivity index (χ1v) is 9.59. The van der Waals surface area contributed by atoms with Crippen molar-refractivity contribution >= 4 is 33.2 Å². The number of nitriles is 1. The second kappa shape index (κ2) is 8.34. The molecule has 7 nitrogen and oxygen atoms in total. The van der Waals surface area contributed by atoms with Crippen LogP contribution in [0, 0.1) is 11.5 Å². The lowest BCUT2D eigenvalue weighted by Gasteiger charge is -2.15. The first-order valence-electron chi connectivity index (χ1n) is 7.73. The summed E-state index contributed by atoms with van der Waals surface area (Å²) in [6.07, 6.45) is 4.97. The summed E-state index contributed by atoms with van der Waals surface area (Å²) >= 11 is 6.03. The van der Waals surface area contributed by atoms with Crippen LogP contribution >= 0.6 is 11.6 Å². The Morgan fingerprint density at radius 2 is 2.28 bits per heavy atom. The molecule has 9 heteroatoms. The van der Waals surface area contributed by atoms with Gasteiger partial charge in [-0.2, -0.15) is 5.26 Å². The SMILES string of the molecule is C=CCCC(=O)Nc1ccc(Cl)c(S(=O)(=O)N[C@@H]2CCN(C#N)C2)c1. The summed E-state index contributed by atoms with van der Waals surface area (Å²) in [7, 11) is -3.87. The topological polar surface area (TPSA) is 102 Å². The van der Waals surface area contributed by atoms with Gasteiger partial charge in [0.2, 0.25) is 15.9 Å². The van der Waals surface area contributed by atoms with Crippen LogP contribution < -0.4 is 10.0 Å². The Morgan fingerprint density at radius 1 is 1.52 bits per heavy atom. The van der Waals surface area contributed by atoms with Crippen molar-refractivity contribution in [1.82, 2.24) is 9.62 Å². The van der Waals surface area contributed by atoms with E-state index < -0.39 is 10.0 Å².